The second-order valence-electron chi connectivity index (χ2n) is 7.34. The quantitative estimate of drug-likeness (QED) is 0.632. The predicted molar refractivity (Wildman–Crippen MR) is 115 cm³/mol. The molecular formula is C24H30O7. The fraction of sp³-hybridized carbons (Fsp3) is 0.458. The molecule has 2 aromatic carbocycles. The van der Waals surface area contributed by atoms with Crippen molar-refractivity contribution in [3.05, 3.63) is 53.1 Å². The molecule has 0 spiro atoms. The monoisotopic (exact) mass is 430 g/mol. The minimum absolute atomic E-state index is 0.101. The third kappa shape index (κ3) is 5.36. The molecule has 0 amide bonds. The van der Waals surface area contributed by atoms with Crippen molar-refractivity contribution in [1.82, 2.24) is 0 Å². The fourth-order valence-corrected chi connectivity index (χ4v) is 3.76. The van der Waals surface area contributed by atoms with Crippen molar-refractivity contribution in [3.8, 4) is 17.2 Å². The summed E-state index contributed by atoms with van der Waals surface area (Å²) >= 11 is 0. The standard InChI is InChI=1S/C24H30O7/c1-4-29-17-8-6-15(7-9-17)10-16-11-18(21(30-5-2)13-20(16)28-3)22-12-19(26)24(27)23(14-25)31-22/h6-9,11,13,19,22-23,25-26H,4-5,10,12,14H2,1-3H3/t19-,22-,23-/m1/s1. The van der Waals surface area contributed by atoms with Crippen LogP contribution in [0.15, 0.2) is 36.4 Å². The Morgan fingerprint density at radius 3 is 2.39 bits per heavy atom. The number of carbonyl (C=O) groups is 1. The first-order chi connectivity index (χ1) is 15.0. The number of Topliss-reactive ketones (excluding diaryl/α,β-unsaturated/α-hetero) is 1. The molecule has 1 fully saturated rings. The molecule has 3 rings (SSSR count). The van der Waals surface area contributed by atoms with E-state index in [9.17, 15) is 15.0 Å². The van der Waals surface area contributed by atoms with Gasteiger partial charge in [0.1, 0.15) is 29.5 Å². The normalized spacial score (nSPS) is 21.1. The van der Waals surface area contributed by atoms with E-state index in [0.717, 1.165) is 16.9 Å². The van der Waals surface area contributed by atoms with Crippen LogP contribution < -0.4 is 14.2 Å². The maximum Gasteiger partial charge on any atom is 0.192 e. The van der Waals surface area contributed by atoms with Crippen molar-refractivity contribution >= 4 is 5.78 Å². The lowest BCUT2D eigenvalue weighted by atomic mass is 9.92. The number of aliphatic hydroxyl groups excluding tert-OH is 2. The molecule has 1 heterocycles. The van der Waals surface area contributed by atoms with Crippen LogP contribution in [0.1, 0.15) is 43.1 Å². The van der Waals surface area contributed by atoms with Gasteiger partial charge in [-0.25, -0.2) is 0 Å². The third-order valence-corrected chi connectivity index (χ3v) is 5.27. The summed E-state index contributed by atoms with van der Waals surface area (Å²) < 4.78 is 22.7. The van der Waals surface area contributed by atoms with Crippen LogP contribution in [0.4, 0.5) is 0 Å². The highest BCUT2D eigenvalue weighted by molar-refractivity contribution is 5.88. The summed E-state index contributed by atoms with van der Waals surface area (Å²) in [5, 5.41) is 19.7. The minimum atomic E-state index is -1.19. The molecule has 3 atom stereocenters. The number of ether oxygens (including phenoxy) is 4. The van der Waals surface area contributed by atoms with Crippen LogP contribution in [0.25, 0.3) is 0 Å². The van der Waals surface area contributed by atoms with Crippen LogP contribution in [0.2, 0.25) is 0 Å². The van der Waals surface area contributed by atoms with E-state index in [0.29, 0.717) is 36.7 Å². The van der Waals surface area contributed by atoms with Gasteiger partial charge in [0.15, 0.2) is 5.78 Å². The van der Waals surface area contributed by atoms with Gasteiger partial charge in [0.25, 0.3) is 0 Å². The summed E-state index contributed by atoms with van der Waals surface area (Å²) in [5.74, 6) is 1.56. The Hall–Kier alpha value is -2.61. The summed E-state index contributed by atoms with van der Waals surface area (Å²) in [7, 11) is 1.60. The van der Waals surface area contributed by atoms with Gasteiger partial charge < -0.3 is 29.2 Å². The van der Waals surface area contributed by atoms with Gasteiger partial charge in [-0.3, -0.25) is 4.79 Å². The summed E-state index contributed by atoms with van der Waals surface area (Å²) in [5.41, 5.74) is 2.71. The molecule has 2 aromatic rings. The molecule has 1 aliphatic rings. The second kappa shape index (κ2) is 10.6. The third-order valence-electron chi connectivity index (χ3n) is 5.27. The van der Waals surface area contributed by atoms with Crippen molar-refractivity contribution in [2.45, 2.75) is 45.0 Å². The molecule has 0 radical (unpaired) electrons. The van der Waals surface area contributed by atoms with E-state index in [1.54, 1.807) is 7.11 Å². The fourth-order valence-electron chi connectivity index (χ4n) is 3.76. The summed E-state index contributed by atoms with van der Waals surface area (Å²) in [4.78, 5) is 12.0. The Morgan fingerprint density at radius 1 is 1.06 bits per heavy atom. The molecule has 1 saturated heterocycles. The average Bonchev–Trinajstić information content (AvgIpc) is 2.78. The molecule has 0 bridgehead atoms. The zero-order chi connectivity index (χ0) is 22.4. The molecule has 168 valence electrons. The van der Waals surface area contributed by atoms with E-state index >= 15 is 0 Å². The zero-order valence-electron chi connectivity index (χ0n) is 18.2. The number of hydrogen-bond donors (Lipinski definition) is 2. The lowest BCUT2D eigenvalue weighted by Gasteiger charge is -2.32. The molecule has 0 unspecified atom stereocenters. The first-order valence-electron chi connectivity index (χ1n) is 10.5. The topological polar surface area (TPSA) is 94.5 Å². The van der Waals surface area contributed by atoms with Crippen LogP contribution in [0, 0.1) is 0 Å². The van der Waals surface area contributed by atoms with Crippen molar-refractivity contribution in [2.75, 3.05) is 26.9 Å². The number of methoxy groups -OCH3 is 1. The Bertz CT molecular complexity index is 878. The van der Waals surface area contributed by atoms with Gasteiger partial charge in [0, 0.05) is 24.5 Å². The molecule has 0 saturated carbocycles. The number of rotatable bonds is 9. The average molecular weight is 430 g/mol. The lowest BCUT2D eigenvalue weighted by molar-refractivity contribution is -0.162. The van der Waals surface area contributed by atoms with Crippen molar-refractivity contribution in [3.63, 3.8) is 0 Å². The van der Waals surface area contributed by atoms with Gasteiger partial charge in [-0.1, -0.05) is 12.1 Å². The van der Waals surface area contributed by atoms with E-state index in [2.05, 4.69) is 0 Å². The lowest BCUT2D eigenvalue weighted by Crippen LogP contribution is -2.43. The highest BCUT2D eigenvalue weighted by atomic mass is 16.5. The molecule has 7 nitrogen and oxygen atoms in total. The van der Waals surface area contributed by atoms with Gasteiger partial charge in [-0.05, 0) is 43.2 Å². The molecule has 31 heavy (non-hydrogen) atoms. The molecular weight excluding hydrogens is 400 g/mol. The molecule has 1 aliphatic heterocycles. The molecule has 2 N–H and O–H groups in total. The highest BCUT2D eigenvalue weighted by Gasteiger charge is 2.37. The number of benzene rings is 2. The maximum absolute atomic E-state index is 12.0. The largest absolute Gasteiger partial charge is 0.496 e. The van der Waals surface area contributed by atoms with Gasteiger partial charge >= 0.3 is 0 Å². The number of hydrogen-bond acceptors (Lipinski definition) is 7. The Morgan fingerprint density at radius 2 is 1.77 bits per heavy atom. The number of carbonyl (C=O) groups excluding carboxylic acids is 1. The van der Waals surface area contributed by atoms with Gasteiger partial charge in [0.2, 0.25) is 0 Å². The van der Waals surface area contributed by atoms with E-state index in [1.807, 2.05) is 50.2 Å². The summed E-state index contributed by atoms with van der Waals surface area (Å²) in [6, 6.07) is 11.6. The zero-order valence-corrected chi connectivity index (χ0v) is 18.2. The molecule has 0 aromatic heterocycles. The molecule has 0 aliphatic carbocycles. The summed E-state index contributed by atoms with van der Waals surface area (Å²) in [6.07, 6.45) is -2.13. The number of ketones is 1. The van der Waals surface area contributed by atoms with Crippen LogP contribution in [0.5, 0.6) is 17.2 Å². The van der Waals surface area contributed by atoms with Gasteiger partial charge in [-0.15, -0.1) is 0 Å². The van der Waals surface area contributed by atoms with Crippen molar-refractivity contribution in [2.24, 2.45) is 0 Å². The van der Waals surface area contributed by atoms with E-state index < -0.39 is 30.7 Å². The maximum atomic E-state index is 12.0. The van der Waals surface area contributed by atoms with Gasteiger partial charge in [0.05, 0.1) is 33.0 Å². The molecule has 7 heteroatoms. The van der Waals surface area contributed by atoms with Crippen molar-refractivity contribution < 1.29 is 34.0 Å². The first-order valence-corrected chi connectivity index (χ1v) is 10.5. The SMILES string of the molecule is CCOc1ccc(Cc2cc([C@H]3C[C@@H](O)C(=O)[C@@H](CO)O3)c(OCC)cc2OC)cc1. The van der Waals surface area contributed by atoms with Crippen molar-refractivity contribution in [1.29, 1.82) is 0 Å². The van der Waals surface area contributed by atoms with Crippen LogP contribution >= 0.6 is 0 Å². The van der Waals surface area contributed by atoms with Crippen LogP contribution in [-0.4, -0.2) is 55.1 Å². The Balaban J connectivity index is 1.95. The van der Waals surface area contributed by atoms with E-state index in [-0.39, 0.29) is 6.42 Å². The predicted octanol–water partition coefficient (Wildman–Crippen LogP) is 2.84. The Labute approximate surface area is 182 Å². The Kier molecular flexibility index (Phi) is 7.90. The minimum Gasteiger partial charge on any atom is -0.496 e. The van der Waals surface area contributed by atoms with Crippen LogP contribution in [0.3, 0.4) is 0 Å². The van der Waals surface area contributed by atoms with E-state index in [4.69, 9.17) is 18.9 Å². The van der Waals surface area contributed by atoms with E-state index in [1.165, 1.54) is 0 Å². The van der Waals surface area contributed by atoms with Gasteiger partial charge in [-0.2, -0.15) is 0 Å². The summed E-state index contributed by atoms with van der Waals surface area (Å²) in [6.45, 7) is 4.39. The first kappa shape index (κ1) is 23.1. The smallest absolute Gasteiger partial charge is 0.192 e. The highest BCUT2D eigenvalue weighted by Crippen LogP contribution is 2.40. The number of aliphatic hydroxyl groups is 2. The second-order valence-corrected chi connectivity index (χ2v) is 7.34. The van der Waals surface area contributed by atoms with Crippen LogP contribution in [-0.2, 0) is 16.0 Å².